The topological polar surface area (TPSA) is 50.0 Å². The van der Waals surface area contributed by atoms with Crippen molar-refractivity contribution < 1.29 is 0 Å². The van der Waals surface area contributed by atoms with E-state index in [9.17, 15) is 0 Å². The molecule has 3 heterocycles. The zero-order valence-electron chi connectivity index (χ0n) is 18.0. The molecule has 2 aromatic heterocycles. The molecular formula is C25H28N4S. The highest BCUT2D eigenvalue weighted by Gasteiger charge is 2.30. The number of nitrogens with zero attached hydrogens (tertiary/aromatic N) is 4. The van der Waals surface area contributed by atoms with Gasteiger partial charge >= 0.3 is 0 Å². The van der Waals surface area contributed by atoms with Crippen molar-refractivity contribution in [2.75, 3.05) is 6.54 Å². The lowest BCUT2D eigenvalue weighted by Gasteiger charge is -2.23. The maximum absolute atomic E-state index is 5.16. The van der Waals surface area contributed by atoms with E-state index >= 15 is 0 Å². The molecule has 2 aliphatic rings. The molecule has 30 heavy (non-hydrogen) atoms. The van der Waals surface area contributed by atoms with Gasteiger partial charge in [0.15, 0.2) is 0 Å². The third-order valence-electron chi connectivity index (χ3n) is 6.47. The van der Waals surface area contributed by atoms with E-state index in [-0.39, 0.29) is 5.92 Å². The van der Waals surface area contributed by atoms with Crippen molar-refractivity contribution in [1.29, 1.82) is 0 Å². The molecule has 0 spiro atoms. The lowest BCUT2D eigenvalue weighted by atomic mass is 9.81. The number of aryl methyl sites for hydroxylation is 4. The van der Waals surface area contributed by atoms with Crippen molar-refractivity contribution in [3.63, 3.8) is 0 Å². The molecule has 154 valence electrons. The van der Waals surface area contributed by atoms with Crippen molar-refractivity contribution in [2.24, 2.45) is 15.4 Å². The Morgan fingerprint density at radius 2 is 1.87 bits per heavy atom. The largest absolute Gasteiger partial charge is 0.242 e. The lowest BCUT2D eigenvalue weighted by molar-refractivity contribution is 0.700. The van der Waals surface area contributed by atoms with Gasteiger partial charge in [-0.3, -0.25) is 0 Å². The number of benzene rings is 1. The van der Waals surface area contributed by atoms with Crippen molar-refractivity contribution >= 4 is 27.3 Å². The minimum Gasteiger partial charge on any atom is -0.242 e. The smallest absolute Gasteiger partial charge is 0.124 e. The van der Waals surface area contributed by atoms with Crippen LogP contribution in [-0.4, -0.2) is 17.2 Å². The van der Waals surface area contributed by atoms with Crippen LogP contribution < -0.4 is 0 Å². The Morgan fingerprint density at radius 1 is 1.07 bits per heavy atom. The first-order chi connectivity index (χ1) is 14.7. The van der Waals surface area contributed by atoms with Gasteiger partial charge in [-0.2, -0.15) is 5.11 Å². The number of hydrogen-bond acceptors (Lipinski definition) is 5. The van der Waals surface area contributed by atoms with Crippen LogP contribution in [0.15, 0.2) is 39.7 Å². The summed E-state index contributed by atoms with van der Waals surface area (Å²) in [5.74, 6) is 0.220. The summed E-state index contributed by atoms with van der Waals surface area (Å²) in [5.41, 5.74) is 9.06. The maximum atomic E-state index is 5.16. The molecule has 5 rings (SSSR count). The zero-order valence-corrected chi connectivity index (χ0v) is 18.9. The predicted molar refractivity (Wildman–Crippen MR) is 126 cm³/mol. The summed E-state index contributed by atoms with van der Waals surface area (Å²) in [6, 6.07) is 9.03. The molecular weight excluding hydrogens is 388 g/mol. The van der Waals surface area contributed by atoms with E-state index in [0.717, 1.165) is 24.2 Å². The van der Waals surface area contributed by atoms with E-state index in [0.29, 0.717) is 6.54 Å². The summed E-state index contributed by atoms with van der Waals surface area (Å²) in [4.78, 5) is 7.91. The van der Waals surface area contributed by atoms with Gasteiger partial charge in [-0.15, -0.1) is 16.4 Å². The van der Waals surface area contributed by atoms with E-state index in [2.05, 4.69) is 60.5 Å². The van der Waals surface area contributed by atoms with Crippen LogP contribution in [0, 0.1) is 13.8 Å². The van der Waals surface area contributed by atoms with Crippen LogP contribution in [0.1, 0.15) is 65.8 Å². The Morgan fingerprint density at radius 3 is 2.60 bits per heavy atom. The first-order valence-electron chi connectivity index (χ1n) is 11.1. The Labute approximate surface area is 182 Å². The third kappa shape index (κ3) is 3.29. The van der Waals surface area contributed by atoms with E-state index in [1.54, 1.807) is 10.4 Å². The fourth-order valence-electron chi connectivity index (χ4n) is 5.03. The molecule has 4 nitrogen and oxygen atoms in total. The van der Waals surface area contributed by atoms with Gasteiger partial charge < -0.3 is 0 Å². The second-order valence-corrected chi connectivity index (χ2v) is 9.65. The van der Waals surface area contributed by atoms with Crippen molar-refractivity contribution in [2.45, 2.75) is 65.2 Å². The first kappa shape index (κ1) is 19.6. The van der Waals surface area contributed by atoms with Gasteiger partial charge in [0.1, 0.15) is 11.4 Å². The van der Waals surface area contributed by atoms with Gasteiger partial charge in [0.05, 0.1) is 5.71 Å². The van der Waals surface area contributed by atoms with Gasteiger partial charge in [-0.1, -0.05) is 43.2 Å². The molecule has 0 fully saturated rings. The molecule has 1 aliphatic heterocycles. The second-order valence-electron chi connectivity index (χ2n) is 8.56. The van der Waals surface area contributed by atoms with Crippen LogP contribution in [-0.2, 0) is 12.8 Å². The molecule has 0 bridgehead atoms. The van der Waals surface area contributed by atoms with Crippen LogP contribution in [0.3, 0.4) is 0 Å². The highest BCUT2D eigenvalue weighted by Crippen LogP contribution is 2.46. The summed E-state index contributed by atoms with van der Waals surface area (Å²) in [6.45, 7) is 7.19. The Kier molecular flexibility index (Phi) is 5.23. The zero-order chi connectivity index (χ0) is 20.7. The summed E-state index contributed by atoms with van der Waals surface area (Å²) in [7, 11) is 0. The second kappa shape index (κ2) is 8.03. The van der Waals surface area contributed by atoms with E-state index in [4.69, 9.17) is 4.98 Å². The van der Waals surface area contributed by atoms with Crippen LogP contribution in [0.25, 0.3) is 21.3 Å². The highest BCUT2D eigenvalue weighted by molar-refractivity contribution is 7.19. The number of rotatable bonds is 5. The Bertz CT molecular complexity index is 1150. The molecule has 3 aromatic rings. The minimum atomic E-state index is 0.220. The summed E-state index contributed by atoms with van der Waals surface area (Å²) in [6.07, 6.45) is 7.07. The highest BCUT2D eigenvalue weighted by atomic mass is 32.1. The molecule has 1 aliphatic carbocycles. The number of pyridine rings is 1. The summed E-state index contributed by atoms with van der Waals surface area (Å²) >= 11 is 1.91. The minimum absolute atomic E-state index is 0.220. The molecule has 0 amide bonds. The molecule has 0 saturated carbocycles. The maximum Gasteiger partial charge on any atom is 0.124 e. The molecule has 0 N–H and O–H groups in total. The average molecular weight is 417 g/mol. The average Bonchev–Trinajstić information content (AvgIpc) is 3.40. The van der Waals surface area contributed by atoms with Crippen LogP contribution in [0.5, 0.6) is 0 Å². The quantitative estimate of drug-likeness (QED) is 0.435. The van der Waals surface area contributed by atoms with Gasteiger partial charge in [-0.05, 0) is 73.4 Å². The summed E-state index contributed by atoms with van der Waals surface area (Å²) in [5, 5.41) is 13.9. The lowest BCUT2D eigenvalue weighted by Crippen LogP contribution is -2.17. The Hall–Kier alpha value is -2.40. The number of aromatic nitrogens is 1. The molecule has 1 unspecified atom stereocenters. The summed E-state index contributed by atoms with van der Waals surface area (Å²) < 4.78 is 0. The van der Waals surface area contributed by atoms with Crippen molar-refractivity contribution in [1.82, 2.24) is 4.98 Å². The van der Waals surface area contributed by atoms with Crippen LogP contribution in [0.2, 0.25) is 0 Å². The fourth-order valence-corrected chi connectivity index (χ4v) is 6.35. The van der Waals surface area contributed by atoms with Gasteiger partial charge in [0.25, 0.3) is 0 Å². The van der Waals surface area contributed by atoms with E-state index < -0.39 is 0 Å². The molecule has 1 aromatic carbocycles. The molecule has 5 heteroatoms. The Balaban J connectivity index is 1.83. The molecule has 0 saturated heterocycles. The van der Waals surface area contributed by atoms with Gasteiger partial charge in [-0.25, -0.2) is 4.98 Å². The molecule has 1 atom stereocenters. The van der Waals surface area contributed by atoms with Gasteiger partial charge in [0.2, 0.25) is 0 Å². The van der Waals surface area contributed by atoms with Crippen molar-refractivity contribution in [3.8, 4) is 11.1 Å². The first-order valence-corrected chi connectivity index (χ1v) is 11.9. The van der Waals surface area contributed by atoms with Crippen molar-refractivity contribution in [3.05, 3.63) is 51.5 Å². The van der Waals surface area contributed by atoms with Crippen LogP contribution >= 0.6 is 11.3 Å². The van der Waals surface area contributed by atoms with Crippen LogP contribution in [0.4, 0.5) is 0 Å². The van der Waals surface area contributed by atoms with Gasteiger partial charge in [0, 0.05) is 21.9 Å². The van der Waals surface area contributed by atoms with E-state index in [1.807, 2.05) is 11.3 Å². The number of hydrogen-bond donors (Lipinski definition) is 0. The monoisotopic (exact) mass is 416 g/mol. The third-order valence-corrected chi connectivity index (χ3v) is 7.65. The fraction of sp³-hybridized carbons (Fsp3) is 0.440. The number of fused-ring (bicyclic) bond motifs is 3. The molecule has 0 radical (unpaired) electrons. The number of thiophene rings is 1. The standard InChI is InChI=1S/C25H28N4S/c1-4-7-18(20-14-26-29-28-20)22-16(3)27-25-24(19-8-5-6-9-21(19)30-25)23(22)17-12-10-15(2)11-13-17/h10-13,18H,4-9,14H2,1-3H3. The SMILES string of the molecule is CCCC(C1=NN=NC1)c1c(C)nc2sc3c(c2c1-c1ccc(C)cc1)CCCC3. The van der Waals surface area contributed by atoms with E-state index in [1.165, 1.54) is 58.2 Å². The predicted octanol–water partition coefficient (Wildman–Crippen LogP) is 7.16. The normalized spacial score (nSPS) is 16.7.